The molecule has 20 heavy (non-hydrogen) atoms. The Labute approximate surface area is 120 Å². The van der Waals surface area contributed by atoms with Crippen molar-refractivity contribution in [2.45, 2.75) is 13.8 Å². The van der Waals surface area contributed by atoms with Gasteiger partial charge in [0.15, 0.2) is 0 Å². The van der Waals surface area contributed by atoms with Crippen LogP contribution in [0.5, 0.6) is 0 Å². The Morgan fingerprint density at radius 3 is 2.80 bits per heavy atom. The minimum Gasteiger partial charge on any atom is -0.383 e. The number of nitrogens with one attached hydrogen (secondary N) is 1. The molecule has 0 aliphatic rings. The summed E-state index contributed by atoms with van der Waals surface area (Å²) >= 11 is 1.25. The summed E-state index contributed by atoms with van der Waals surface area (Å²) in [6, 6.07) is 0. The van der Waals surface area contributed by atoms with Crippen LogP contribution in [0.4, 0.5) is 0 Å². The van der Waals surface area contributed by atoms with E-state index in [9.17, 15) is 9.59 Å². The van der Waals surface area contributed by atoms with Gasteiger partial charge in [0.05, 0.1) is 16.9 Å². The third kappa shape index (κ3) is 2.46. The minimum absolute atomic E-state index is 0.114. The van der Waals surface area contributed by atoms with E-state index in [2.05, 4.69) is 10.3 Å². The molecule has 0 bridgehead atoms. The number of nitrogens with zero attached hydrogens (tertiary/aromatic N) is 2. The maximum absolute atomic E-state index is 12.2. The average molecular weight is 295 g/mol. The molecule has 0 aromatic carbocycles. The van der Waals surface area contributed by atoms with Gasteiger partial charge in [0.1, 0.15) is 10.7 Å². The van der Waals surface area contributed by atoms with E-state index < -0.39 is 0 Å². The van der Waals surface area contributed by atoms with E-state index >= 15 is 0 Å². The Kier molecular flexibility index (Phi) is 4.20. The lowest BCUT2D eigenvalue weighted by Crippen LogP contribution is -2.26. The van der Waals surface area contributed by atoms with Crippen molar-refractivity contribution in [3.05, 3.63) is 26.6 Å². The minimum atomic E-state index is -0.192. The Morgan fingerprint density at radius 1 is 1.45 bits per heavy atom. The third-order valence-corrected chi connectivity index (χ3v) is 4.38. The first-order valence-corrected chi connectivity index (χ1v) is 7.03. The normalized spacial score (nSPS) is 11.0. The molecule has 1 N–H and O–H groups in total. The molecular formula is C13H17N3O3S. The number of aryl methyl sites for hydroxylation is 2. The molecule has 108 valence electrons. The van der Waals surface area contributed by atoms with Crippen LogP contribution in [0.15, 0.2) is 4.79 Å². The highest BCUT2D eigenvalue weighted by atomic mass is 32.1. The molecule has 6 nitrogen and oxygen atoms in total. The van der Waals surface area contributed by atoms with Gasteiger partial charge in [-0.2, -0.15) is 0 Å². The van der Waals surface area contributed by atoms with Gasteiger partial charge in [-0.25, -0.2) is 4.98 Å². The molecule has 0 atom stereocenters. The van der Waals surface area contributed by atoms with Crippen LogP contribution in [0.1, 0.15) is 21.1 Å². The smallest absolute Gasteiger partial charge is 0.262 e. The van der Waals surface area contributed by atoms with Crippen molar-refractivity contribution < 1.29 is 9.53 Å². The van der Waals surface area contributed by atoms with E-state index in [1.807, 2.05) is 0 Å². The van der Waals surface area contributed by atoms with Crippen molar-refractivity contribution >= 4 is 27.5 Å². The number of fused-ring (bicyclic) bond motifs is 1. The van der Waals surface area contributed by atoms with Crippen molar-refractivity contribution in [3.8, 4) is 0 Å². The predicted octanol–water partition coefficient (Wildman–Crippen LogP) is 0.988. The van der Waals surface area contributed by atoms with E-state index in [0.29, 0.717) is 39.6 Å². The lowest BCUT2D eigenvalue weighted by molar-refractivity contribution is 0.0940. The zero-order chi connectivity index (χ0) is 14.9. The van der Waals surface area contributed by atoms with Crippen LogP contribution in [-0.4, -0.2) is 35.7 Å². The molecule has 0 radical (unpaired) electrons. The first-order valence-electron chi connectivity index (χ1n) is 6.21. The van der Waals surface area contributed by atoms with Crippen LogP contribution in [0.25, 0.3) is 10.2 Å². The number of methoxy groups -OCH3 is 1. The number of ether oxygens (including phenoxy) is 1. The Morgan fingerprint density at radius 2 is 2.15 bits per heavy atom. The number of carbonyl (C=O) groups is 1. The standard InChI is InChI=1S/C13H17N3O3S/c1-7-9-12(15-8(2)16(3)13(9)18)20-10(7)11(17)14-5-6-19-4/h5-6H2,1-4H3,(H,14,17). The Bertz CT molecular complexity index is 718. The van der Waals surface area contributed by atoms with Crippen LogP contribution < -0.4 is 10.9 Å². The molecule has 2 aromatic heterocycles. The molecule has 0 unspecified atom stereocenters. The molecule has 0 aliphatic carbocycles. The lowest BCUT2D eigenvalue weighted by atomic mass is 10.2. The van der Waals surface area contributed by atoms with Gasteiger partial charge < -0.3 is 10.1 Å². The highest BCUT2D eigenvalue weighted by Crippen LogP contribution is 2.27. The van der Waals surface area contributed by atoms with E-state index in [1.54, 1.807) is 28.0 Å². The SMILES string of the molecule is COCCNC(=O)c1sc2nc(C)n(C)c(=O)c2c1C. The van der Waals surface area contributed by atoms with Crippen LogP contribution in [0.2, 0.25) is 0 Å². The number of aromatic nitrogens is 2. The fourth-order valence-corrected chi connectivity index (χ4v) is 3.06. The molecule has 0 spiro atoms. The summed E-state index contributed by atoms with van der Waals surface area (Å²) in [5.74, 6) is 0.442. The van der Waals surface area contributed by atoms with Crippen molar-refractivity contribution in [1.82, 2.24) is 14.9 Å². The average Bonchev–Trinajstić information content (AvgIpc) is 2.73. The van der Waals surface area contributed by atoms with Gasteiger partial charge in [-0.15, -0.1) is 11.3 Å². The van der Waals surface area contributed by atoms with Gasteiger partial charge in [-0.3, -0.25) is 14.2 Å². The molecule has 2 rings (SSSR count). The molecule has 0 aliphatic heterocycles. The quantitative estimate of drug-likeness (QED) is 0.854. The number of carbonyl (C=O) groups excluding carboxylic acids is 1. The third-order valence-electron chi connectivity index (χ3n) is 3.19. The summed E-state index contributed by atoms with van der Waals surface area (Å²) < 4.78 is 6.39. The lowest BCUT2D eigenvalue weighted by Gasteiger charge is -2.03. The zero-order valence-electron chi connectivity index (χ0n) is 11.9. The first kappa shape index (κ1) is 14.7. The largest absolute Gasteiger partial charge is 0.383 e. The Hall–Kier alpha value is -1.73. The highest BCUT2D eigenvalue weighted by Gasteiger charge is 2.19. The summed E-state index contributed by atoms with van der Waals surface area (Å²) in [6.45, 7) is 4.44. The summed E-state index contributed by atoms with van der Waals surface area (Å²) in [6.07, 6.45) is 0. The molecule has 1 amide bonds. The molecule has 7 heteroatoms. The summed E-state index contributed by atoms with van der Waals surface area (Å²) in [7, 11) is 3.26. The summed E-state index contributed by atoms with van der Waals surface area (Å²) in [5, 5.41) is 3.29. The zero-order valence-corrected chi connectivity index (χ0v) is 12.8. The second-order valence-electron chi connectivity index (χ2n) is 4.51. The second-order valence-corrected chi connectivity index (χ2v) is 5.51. The van der Waals surface area contributed by atoms with Crippen molar-refractivity contribution in [1.29, 1.82) is 0 Å². The fraction of sp³-hybridized carbons (Fsp3) is 0.462. The van der Waals surface area contributed by atoms with Gasteiger partial charge in [0, 0.05) is 20.7 Å². The molecular weight excluding hydrogens is 278 g/mol. The number of hydrogen-bond acceptors (Lipinski definition) is 5. The number of hydrogen-bond donors (Lipinski definition) is 1. The molecule has 0 fully saturated rings. The fourth-order valence-electron chi connectivity index (χ4n) is 1.93. The van der Waals surface area contributed by atoms with Gasteiger partial charge in [-0.1, -0.05) is 0 Å². The molecule has 2 heterocycles. The Balaban J connectivity index is 2.47. The summed E-state index contributed by atoms with van der Waals surface area (Å²) in [4.78, 5) is 29.9. The van der Waals surface area contributed by atoms with E-state index in [4.69, 9.17) is 4.74 Å². The predicted molar refractivity (Wildman–Crippen MR) is 78.5 cm³/mol. The summed E-state index contributed by atoms with van der Waals surface area (Å²) in [5.41, 5.74) is 0.574. The van der Waals surface area contributed by atoms with Crippen LogP contribution >= 0.6 is 11.3 Å². The van der Waals surface area contributed by atoms with E-state index in [-0.39, 0.29) is 11.5 Å². The molecule has 0 saturated carbocycles. The van der Waals surface area contributed by atoms with E-state index in [0.717, 1.165) is 0 Å². The van der Waals surface area contributed by atoms with Crippen molar-refractivity contribution in [3.63, 3.8) is 0 Å². The maximum Gasteiger partial charge on any atom is 0.262 e. The number of thiophene rings is 1. The monoisotopic (exact) mass is 295 g/mol. The molecule has 2 aromatic rings. The highest BCUT2D eigenvalue weighted by molar-refractivity contribution is 7.20. The molecule has 0 saturated heterocycles. The van der Waals surface area contributed by atoms with Crippen molar-refractivity contribution in [2.75, 3.05) is 20.3 Å². The van der Waals surface area contributed by atoms with Crippen LogP contribution in [-0.2, 0) is 11.8 Å². The van der Waals surface area contributed by atoms with Crippen molar-refractivity contribution in [2.24, 2.45) is 7.05 Å². The topological polar surface area (TPSA) is 73.2 Å². The number of rotatable bonds is 4. The van der Waals surface area contributed by atoms with Gasteiger partial charge in [-0.05, 0) is 19.4 Å². The maximum atomic E-state index is 12.2. The van der Waals surface area contributed by atoms with E-state index in [1.165, 1.54) is 15.9 Å². The van der Waals surface area contributed by atoms with Crippen LogP contribution in [0.3, 0.4) is 0 Å². The van der Waals surface area contributed by atoms with Gasteiger partial charge in [0.2, 0.25) is 0 Å². The number of amides is 1. The van der Waals surface area contributed by atoms with Gasteiger partial charge >= 0.3 is 0 Å². The van der Waals surface area contributed by atoms with Crippen LogP contribution in [0, 0.1) is 13.8 Å². The van der Waals surface area contributed by atoms with Gasteiger partial charge in [0.25, 0.3) is 11.5 Å². The first-order chi connectivity index (χ1) is 9.47. The second kappa shape index (κ2) is 5.72.